The summed E-state index contributed by atoms with van der Waals surface area (Å²) in [5.74, 6) is 0.0695. The number of carbonyl (C=O) groups excluding carboxylic acids is 1. The SMILES string of the molecule is COCC(C)NC(=O)CN1CCC(N)CC1. The first kappa shape index (κ1) is 13.4. The van der Waals surface area contributed by atoms with E-state index in [0.717, 1.165) is 25.9 Å². The lowest BCUT2D eigenvalue weighted by molar-refractivity contribution is -0.123. The first-order valence-corrected chi connectivity index (χ1v) is 5.88. The van der Waals surface area contributed by atoms with Gasteiger partial charge in [0.05, 0.1) is 13.2 Å². The Morgan fingerprint density at radius 1 is 1.56 bits per heavy atom. The Kier molecular flexibility index (Phi) is 5.73. The highest BCUT2D eigenvalue weighted by Gasteiger charge is 2.18. The normalized spacial score (nSPS) is 20.7. The van der Waals surface area contributed by atoms with Crippen LogP contribution in [0.1, 0.15) is 19.8 Å². The van der Waals surface area contributed by atoms with Crippen molar-refractivity contribution >= 4 is 5.91 Å². The first-order chi connectivity index (χ1) is 7.61. The van der Waals surface area contributed by atoms with Crippen LogP contribution in [0.5, 0.6) is 0 Å². The number of ether oxygens (including phenoxy) is 1. The number of rotatable bonds is 5. The zero-order valence-electron chi connectivity index (χ0n) is 10.2. The first-order valence-electron chi connectivity index (χ1n) is 5.88. The fourth-order valence-electron chi connectivity index (χ4n) is 1.93. The zero-order valence-corrected chi connectivity index (χ0v) is 10.2. The Bertz CT molecular complexity index is 215. The lowest BCUT2D eigenvalue weighted by atomic mass is 10.1. The van der Waals surface area contributed by atoms with Crippen LogP contribution in [0.2, 0.25) is 0 Å². The van der Waals surface area contributed by atoms with Crippen LogP contribution in [0.3, 0.4) is 0 Å². The van der Waals surface area contributed by atoms with E-state index in [1.165, 1.54) is 0 Å². The van der Waals surface area contributed by atoms with E-state index in [9.17, 15) is 4.79 Å². The molecule has 16 heavy (non-hydrogen) atoms. The molecule has 0 spiro atoms. The van der Waals surface area contributed by atoms with E-state index in [0.29, 0.717) is 19.2 Å². The van der Waals surface area contributed by atoms with Crippen molar-refractivity contribution in [2.45, 2.75) is 31.8 Å². The number of amides is 1. The van der Waals surface area contributed by atoms with Gasteiger partial charge < -0.3 is 15.8 Å². The fraction of sp³-hybridized carbons (Fsp3) is 0.909. The summed E-state index contributed by atoms with van der Waals surface area (Å²) in [7, 11) is 1.63. The van der Waals surface area contributed by atoms with Crippen molar-refractivity contribution in [2.75, 3.05) is 33.4 Å². The highest BCUT2D eigenvalue weighted by atomic mass is 16.5. The zero-order chi connectivity index (χ0) is 12.0. The summed E-state index contributed by atoms with van der Waals surface area (Å²) in [6, 6.07) is 0.385. The van der Waals surface area contributed by atoms with Gasteiger partial charge in [0, 0.05) is 32.3 Å². The molecule has 1 rings (SSSR count). The monoisotopic (exact) mass is 229 g/mol. The maximum Gasteiger partial charge on any atom is 0.234 e. The van der Waals surface area contributed by atoms with Gasteiger partial charge >= 0.3 is 0 Å². The molecule has 1 aliphatic rings. The van der Waals surface area contributed by atoms with Gasteiger partial charge in [-0.25, -0.2) is 0 Å². The lowest BCUT2D eigenvalue weighted by Gasteiger charge is -2.29. The Labute approximate surface area is 97.3 Å². The molecule has 0 aromatic rings. The lowest BCUT2D eigenvalue weighted by Crippen LogP contribution is -2.46. The smallest absolute Gasteiger partial charge is 0.234 e. The van der Waals surface area contributed by atoms with E-state index in [1.807, 2.05) is 6.92 Å². The van der Waals surface area contributed by atoms with Gasteiger partial charge in [0.2, 0.25) is 5.91 Å². The molecule has 1 atom stereocenters. The molecule has 1 heterocycles. The number of nitrogens with two attached hydrogens (primary N) is 1. The number of piperidine rings is 1. The summed E-state index contributed by atoms with van der Waals surface area (Å²) >= 11 is 0. The molecule has 0 bridgehead atoms. The fourth-order valence-corrected chi connectivity index (χ4v) is 1.93. The number of carbonyl (C=O) groups is 1. The van der Waals surface area contributed by atoms with E-state index in [-0.39, 0.29) is 11.9 Å². The number of likely N-dealkylation sites (tertiary alicyclic amines) is 1. The van der Waals surface area contributed by atoms with Crippen molar-refractivity contribution in [3.63, 3.8) is 0 Å². The molecule has 94 valence electrons. The largest absolute Gasteiger partial charge is 0.383 e. The van der Waals surface area contributed by atoms with Crippen LogP contribution < -0.4 is 11.1 Å². The number of hydrogen-bond acceptors (Lipinski definition) is 4. The minimum atomic E-state index is 0.0695. The molecule has 0 radical (unpaired) electrons. The molecule has 0 aromatic carbocycles. The van der Waals surface area contributed by atoms with Crippen LogP contribution in [0.15, 0.2) is 0 Å². The van der Waals surface area contributed by atoms with Crippen molar-refractivity contribution in [2.24, 2.45) is 5.73 Å². The molecule has 1 aliphatic heterocycles. The number of nitrogens with zero attached hydrogens (tertiary/aromatic N) is 1. The average Bonchev–Trinajstić information content (AvgIpc) is 2.21. The molecule has 5 nitrogen and oxygen atoms in total. The molecule has 1 unspecified atom stereocenters. The molecule has 1 amide bonds. The van der Waals surface area contributed by atoms with E-state index >= 15 is 0 Å². The second kappa shape index (κ2) is 6.83. The Morgan fingerprint density at radius 3 is 2.75 bits per heavy atom. The standard InChI is InChI=1S/C11H23N3O2/c1-9(8-16-2)13-11(15)7-14-5-3-10(12)4-6-14/h9-10H,3-8,12H2,1-2H3,(H,13,15). The number of methoxy groups -OCH3 is 1. The molecule has 1 fully saturated rings. The van der Waals surface area contributed by atoms with Crippen LogP contribution in [-0.2, 0) is 9.53 Å². The summed E-state index contributed by atoms with van der Waals surface area (Å²) in [5, 5.41) is 2.90. The van der Waals surface area contributed by atoms with Gasteiger partial charge in [-0.1, -0.05) is 0 Å². The van der Waals surface area contributed by atoms with Gasteiger partial charge in [0.1, 0.15) is 0 Å². The van der Waals surface area contributed by atoms with Crippen molar-refractivity contribution in [1.29, 1.82) is 0 Å². The molecular formula is C11H23N3O2. The highest BCUT2D eigenvalue weighted by Crippen LogP contribution is 2.07. The van der Waals surface area contributed by atoms with Gasteiger partial charge in [-0.05, 0) is 19.8 Å². The van der Waals surface area contributed by atoms with Crippen molar-refractivity contribution in [3.8, 4) is 0 Å². The molecule has 0 aromatic heterocycles. The molecule has 3 N–H and O–H groups in total. The van der Waals surface area contributed by atoms with Crippen molar-refractivity contribution in [3.05, 3.63) is 0 Å². The maximum atomic E-state index is 11.6. The van der Waals surface area contributed by atoms with Crippen LogP contribution in [0, 0.1) is 0 Å². The number of nitrogens with one attached hydrogen (secondary N) is 1. The highest BCUT2D eigenvalue weighted by molar-refractivity contribution is 5.78. The third-order valence-electron chi connectivity index (χ3n) is 2.82. The van der Waals surface area contributed by atoms with Gasteiger partial charge in [-0.3, -0.25) is 9.69 Å². The summed E-state index contributed by atoms with van der Waals surface area (Å²) < 4.78 is 4.96. The van der Waals surface area contributed by atoms with Gasteiger partial charge in [0.15, 0.2) is 0 Å². The second-order valence-corrected chi connectivity index (χ2v) is 4.54. The summed E-state index contributed by atoms with van der Waals surface area (Å²) in [5.41, 5.74) is 5.80. The van der Waals surface area contributed by atoms with Crippen LogP contribution >= 0.6 is 0 Å². The molecular weight excluding hydrogens is 206 g/mol. The van der Waals surface area contributed by atoms with Crippen molar-refractivity contribution in [1.82, 2.24) is 10.2 Å². The molecule has 0 saturated carbocycles. The summed E-state index contributed by atoms with van der Waals surface area (Å²) in [6.07, 6.45) is 1.97. The number of hydrogen-bond donors (Lipinski definition) is 2. The van der Waals surface area contributed by atoms with E-state index in [4.69, 9.17) is 10.5 Å². The summed E-state index contributed by atoms with van der Waals surface area (Å²) in [6.45, 7) is 4.81. The van der Waals surface area contributed by atoms with E-state index < -0.39 is 0 Å². The summed E-state index contributed by atoms with van der Waals surface area (Å²) in [4.78, 5) is 13.8. The Morgan fingerprint density at radius 2 is 2.19 bits per heavy atom. The molecule has 1 saturated heterocycles. The van der Waals surface area contributed by atoms with E-state index in [1.54, 1.807) is 7.11 Å². The predicted molar refractivity (Wildman–Crippen MR) is 63.1 cm³/mol. The van der Waals surface area contributed by atoms with Gasteiger partial charge in [-0.15, -0.1) is 0 Å². The third kappa shape index (κ3) is 4.92. The van der Waals surface area contributed by atoms with Crippen LogP contribution in [0.25, 0.3) is 0 Å². The van der Waals surface area contributed by atoms with Crippen molar-refractivity contribution < 1.29 is 9.53 Å². The topological polar surface area (TPSA) is 67.6 Å². The van der Waals surface area contributed by atoms with E-state index in [2.05, 4.69) is 10.2 Å². The third-order valence-corrected chi connectivity index (χ3v) is 2.82. The predicted octanol–water partition coefficient (Wildman–Crippen LogP) is -0.439. The Hall–Kier alpha value is -0.650. The van der Waals surface area contributed by atoms with Crippen LogP contribution in [0.4, 0.5) is 0 Å². The molecule has 5 heteroatoms. The molecule has 0 aliphatic carbocycles. The van der Waals surface area contributed by atoms with Crippen LogP contribution in [-0.4, -0.2) is 56.2 Å². The minimum Gasteiger partial charge on any atom is -0.383 e. The quantitative estimate of drug-likeness (QED) is 0.671. The maximum absolute atomic E-state index is 11.6. The Balaban J connectivity index is 2.18. The van der Waals surface area contributed by atoms with Gasteiger partial charge in [-0.2, -0.15) is 0 Å². The van der Waals surface area contributed by atoms with Gasteiger partial charge in [0.25, 0.3) is 0 Å². The second-order valence-electron chi connectivity index (χ2n) is 4.54. The minimum absolute atomic E-state index is 0.0695. The average molecular weight is 229 g/mol.